The molecule has 0 unspecified atom stereocenters. The molecule has 0 saturated carbocycles. The smallest absolute Gasteiger partial charge is 0.335 e. The Morgan fingerprint density at radius 1 is 1.29 bits per heavy atom. The van der Waals surface area contributed by atoms with Gasteiger partial charge in [-0.3, -0.25) is 0 Å². The van der Waals surface area contributed by atoms with Gasteiger partial charge in [0, 0.05) is 11.7 Å². The second-order valence-corrected chi connectivity index (χ2v) is 4.30. The number of carbonyl (C=O) groups is 1. The largest absolute Gasteiger partial charge is 0.478 e. The molecule has 1 aromatic rings. The lowest BCUT2D eigenvalue weighted by molar-refractivity contribution is 0.0697. The fourth-order valence-corrected chi connectivity index (χ4v) is 1.96. The number of carboxylic acid groups (broad SMARTS) is 1. The number of aromatic carboxylic acids is 1. The molecule has 0 atom stereocenters. The van der Waals surface area contributed by atoms with Gasteiger partial charge in [0.1, 0.15) is 0 Å². The fraction of sp³-hybridized carbons (Fsp3) is 0.500. The molecule has 0 aliphatic carbocycles. The van der Waals surface area contributed by atoms with E-state index < -0.39 is 5.97 Å². The zero-order valence-electron chi connectivity index (χ0n) is 10.6. The Hall–Kier alpha value is -1.51. The summed E-state index contributed by atoms with van der Waals surface area (Å²) < 4.78 is 0. The maximum absolute atomic E-state index is 10.9. The van der Waals surface area contributed by atoms with E-state index in [1.165, 1.54) is 0 Å². The maximum atomic E-state index is 10.9. The van der Waals surface area contributed by atoms with Crippen molar-refractivity contribution in [1.29, 1.82) is 0 Å². The Bertz CT molecular complexity index is 357. The average Bonchev–Trinajstić information content (AvgIpc) is 2.30. The van der Waals surface area contributed by atoms with Crippen molar-refractivity contribution in [3.05, 3.63) is 29.8 Å². The average molecular weight is 235 g/mol. The molecule has 0 bridgehead atoms. The van der Waals surface area contributed by atoms with E-state index in [0.29, 0.717) is 11.6 Å². The molecule has 2 N–H and O–H groups in total. The van der Waals surface area contributed by atoms with Gasteiger partial charge in [-0.1, -0.05) is 32.8 Å². The molecular weight excluding hydrogens is 214 g/mol. The number of nitrogens with one attached hydrogen (secondary N) is 1. The number of carboxylic acids is 1. The number of benzene rings is 1. The molecule has 94 valence electrons. The molecule has 0 fully saturated rings. The van der Waals surface area contributed by atoms with E-state index in [9.17, 15) is 4.79 Å². The van der Waals surface area contributed by atoms with Gasteiger partial charge in [0.25, 0.3) is 0 Å². The van der Waals surface area contributed by atoms with Crippen LogP contribution >= 0.6 is 0 Å². The standard InChI is InChI=1S/C14H21NO2/c1-3-6-12(7-4-2)15-13-9-5-8-11(10-13)14(16)17/h5,8-10,12,15H,3-4,6-7H2,1-2H3,(H,16,17). The first-order chi connectivity index (χ1) is 8.17. The number of rotatable bonds is 7. The van der Waals surface area contributed by atoms with Gasteiger partial charge in [-0.15, -0.1) is 0 Å². The van der Waals surface area contributed by atoms with Crippen molar-refractivity contribution in [3.63, 3.8) is 0 Å². The van der Waals surface area contributed by atoms with Gasteiger partial charge in [-0.05, 0) is 31.0 Å². The van der Waals surface area contributed by atoms with Crippen LogP contribution in [-0.2, 0) is 0 Å². The summed E-state index contributed by atoms with van der Waals surface area (Å²) in [6.07, 6.45) is 4.50. The Balaban J connectivity index is 2.71. The van der Waals surface area contributed by atoms with Crippen molar-refractivity contribution < 1.29 is 9.90 Å². The topological polar surface area (TPSA) is 49.3 Å². The summed E-state index contributed by atoms with van der Waals surface area (Å²) in [5, 5.41) is 12.3. The van der Waals surface area contributed by atoms with Gasteiger partial charge >= 0.3 is 5.97 Å². The van der Waals surface area contributed by atoms with Crippen LogP contribution in [-0.4, -0.2) is 17.1 Å². The van der Waals surface area contributed by atoms with Gasteiger partial charge < -0.3 is 10.4 Å². The van der Waals surface area contributed by atoms with Crippen molar-refractivity contribution in [2.45, 2.75) is 45.6 Å². The minimum atomic E-state index is -0.879. The van der Waals surface area contributed by atoms with Crippen LogP contribution in [0.15, 0.2) is 24.3 Å². The van der Waals surface area contributed by atoms with Crippen LogP contribution in [0.5, 0.6) is 0 Å². The lowest BCUT2D eigenvalue weighted by Gasteiger charge is -2.18. The second-order valence-electron chi connectivity index (χ2n) is 4.30. The predicted molar refractivity (Wildman–Crippen MR) is 70.6 cm³/mol. The van der Waals surface area contributed by atoms with E-state index in [-0.39, 0.29) is 0 Å². The van der Waals surface area contributed by atoms with Crippen molar-refractivity contribution in [2.24, 2.45) is 0 Å². The monoisotopic (exact) mass is 235 g/mol. The van der Waals surface area contributed by atoms with Crippen LogP contribution in [0.3, 0.4) is 0 Å². The number of hydrogen-bond acceptors (Lipinski definition) is 2. The summed E-state index contributed by atoms with van der Waals surface area (Å²) in [6, 6.07) is 7.45. The molecule has 3 heteroatoms. The Labute approximate surface area is 103 Å². The molecular formula is C14H21NO2. The summed E-state index contributed by atoms with van der Waals surface area (Å²) in [5.74, 6) is -0.879. The molecule has 3 nitrogen and oxygen atoms in total. The molecule has 17 heavy (non-hydrogen) atoms. The van der Waals surface area contributed by atoms with E-state index in [4.69, 9.17) is 5.11 Å². The summed E-state index contributed by atoms with van der Waals surface area (Å²) in [4.78, 5) is 10.9. The highest BCUT2D eigenvalue weighted by Crippen LogP contribution is 2.16. The molecule has 0 aromatic heterocycles. The number of anilines is 1. The zero-order chi connectivity index (χ0) is 12.7. The summed E-state index contributed by atoms with van der Waals surface area (Å²) in [5.41, 5.74) is 1.23. The maximum Gasteiger partial charge on any atom is 0.335 e. The molecule has 0 spiro atoms. The molecule has 0 amide bonds. The zero-order valence-corrected chi connectivity index (χ0v) is 10.6. The summed E-state index contributed by atoms with van der Waals surface area (Å²) >= 11 is 0. The van der Waals surface area contributed by atoms with Gasteiger partial charge in [-0.2, -0.15) is 0 Å². The van der Waals surface area contributed by atoms with Gasteiger partial charge in [0.15, 0.2) is 0 Å². The molecule has 0 aliphatic heterocycles. The number of hydrogen-bond donors (Lipinski definition) is 2. The lowest BCUT2D eigenvalue weighted by Crippen LogP contribution is -2.19. The predicted octanol–water partition coefficient (Wildman–Crippen LogP) is 3.77. The van der Waals surface area contributed by atoms with E-state index >= 15 is 0 Å². The van der Waals surface area contributed by atoms with Crippen LogP contribution in [0.25, 0.3) is 0 Å². The van der Waals surface area contributed by atoms with Crippen molar-refractivity contribution in [1.82, 2.24) is 0 Å². The highest BCUT2D eigenvalue weighted by Gasteiger charge is 2.08. The SMILES string of the molecule is CCCC(CCC)Nc1cccc(C(=O)O)c1. The summed E-state index contributed by atoms with van der Waals surface area (Å²) in [6.45, 7) is 4.33. The minimum Gasteiger partial charge on any atom is -0.478 e. The van der Waals surface area contributed by atoms with Gasteiger partial charge in [0.2, 0.25) is 0 Å². The minimum absolute atomic E-state index is 0.335. The fourth-order valence-electron chi connectivity index (χ4n) is 1.96. The van der Waals surface area contributed by atoms with E-state index in [2.05, 4.69) is 19.2 Å². The Kier molecular flexibility index (Phi) is 5.53. The third-order valence-electron chi connectivity index (χ3n) is 2.75. The van der Waals surface area contributed by atoms with Crippen LogP contribution in [0, 0.1) is 0 Å². The first kappa shape index (κ1) is 13.6. The molecule has 1 rings (SSSR count). The lowest BCUT2D eigenvalue weighted by atomic mass is 10.1. The van der Waals surface area contributed by atoms with Gasteiger partial charge in [0.05, 0.1) is 5.56 Å². The molecule has 0 heterocycles. The van der Waals surface area contributed by atoms with E-state index in [1.54, 1.807) is 18.2 Å². The second kappa shape index (κ2) is 6.94. The quantitative estimate of drug-likeness (QED) is 0.756. The Morgan fingerprint density at radius 3 is 2.47 bits per heavy atom. The molecule has 0 aliphatic rings. The normalized spacial score (nSPS) is 10.5. The molecule has 0 saturated heterocycles. The van der Waals surface area contributed by atoms with Crippen LogP contribution < -0.4 is 5.32 Å². The summed E-state index contributed by atoms with van der Waals surface area (Å²) in [7, 11) is 0. The van der Waals surface area contributed by atoms with Crippen LogP contribution in [0.2, 0.25) is 0 Å². The van der Waals surface area contributed by atoms with E-state index in [0.717, 1.165) is 31.4 Å². The van der Waals surface area contributed by atoms with Crippen LogP contribution in [0.4, 0.5) is 5.69 Å². The highest BCUT2D eigenvalue weighted by atomic mass is 16.4. The van der Waals surface area contributed by atoms with Crippen molar-refractivity contribution >= 4 is 11.7 Å². The van der Waals surface area contributed by atoms with Crippen molar-refractivity contribution in [3.8, 4) is 0 Å². The molecule has 0 radical (unpaired) electrons. The molecule has 1 aromatic carbocycles. The van der Waals surface area contributed by atoms with E-state index in [1.807, 2.05) is 6.07 Å². The first-order valence-corrected chi connectivity index (χ1v) is 6.27. The highest BCUT2D eigenvalue weighted by molar-refractivity contribution is 5.88. The Morgan fingerprint density at radius 2 is 1.94 bits per heavy atom. The first-order valence-electron chi connectivity index (χ1n) is 6.27. The van der Waals surface area contributed by atoms with Gasteiger partial charge in [-0.25, -0.2) is 4.79 Å². The third kappa shape index (κ3) is 4.47. The van der Waals surface area contributed by atoms with Crippen molar-refractivity contribution in [2.75, 3.05) is 5.32 Å². The third-order valence-corrected chi connectivity index (χ3v) is 2.75. The van der Waals surface area contributed by atoms with Crippen LogP contribution in [0.1, 0.15) is 49.9 Å².